The van der Waals surface area contributed by atoms with Gasteiger partial charge in [-0.25, -0.2) is 4.79 Å². The highest BCUT2D eigenvalue weighted by Crippen LogP contribution is 2.28. The zero-order chi connectivity index (χ0) is 21.3. The van der Waals surface area contributed by atoms with Crippen LogP contribution in [-0.4, -0.2) is 53.4 Å². The summed E-state index contributed by atoms with van der Waals surface area (Å²) < 4.78 is 5.35. The minimum absolute atomic E-state index is 0.204. The second-order valence-electron chi connectivity index (χ2n) is 8.37. The number of amides is 5. The molecule has 30 heavy (non-hydrogen) atoms. The summed E-state index contributed by atoms with van der Waals surface area (Å²) in [6, 6.07) is 4.56. The van der Waals surface area contributed by atoms with E-state index in [-0.39, 0.29) is 29.8 Å². The lowest BCUT2D eigenvalue weighted by molar-refractivity contribution is -0.136. The number of fused-ring (bicyclic) bond motifs is 1. The Morgan fingerprint density at radius 1 is 1.27 bits per heavy atom. The summed E-state index contributed by atoms with van der Waals surface area (Å²) in [5.74, 6) is -0.932. The van der Waals surface area contributed by atoms with Crippen LogP contribution >= 0.6 is 0 Å². The van der Waals surface area contributed by atoms with E-state index in [0.29, 0.717) is 38.3 Å². The summed E-state index contributed by atoms with van der Waals surface area (Å²) >= 11 is 0. The quantitative estimate of drug-likeness (QED) is 0.631. The molecule has 0 aliphatic carbocycles. The van der Waals surface area contributed by atoms with Crippen molar-refractivity contribution < 1.29 is 23.9 Å². The van der Waals surface area contributed by atoms with E-state index in [2.05, 4.69) is 16.0 Å². The molecular weight excluding hydrogens is 388 g/mol. The Labute approximate surface area is 174 Å². The molecule has 2 fully saturated rings. The van der Waals surface area contributed by atoms with Crippen molar-refractivity contribution in [2.24, 2.45) is 0 Å². The molecule has 4 rings (SSSR count). The Bertz CT molecular complexity index is 893. The standard InChI is InChI=1S/C21H26N4O5/c1-21(6-8-30-9-7-21)24-20(29)22-11-13-2-3-15-14(10-13)12-25(19(15)28)16-4-5-17(26)23-18(16)27/h2-3,10,16H,4-9,11-12H2,1H3,(H2,22,24,29)(H,23,26,27). The van der Waals surface area contributed by atoms with Gasteiger partial charge in [0.25, 0.3) is 5.91 Å². The van der Waals surface area contributed by atoms with Crippen molar-refractivity contribution in [3.05, 3.63) is 34.9 Å². The van der Waals surface area contributed by atoms with Gasteiger partial charge in [0.1, 0.15) is 6.04 Å². The molecule has 3 aliphatic heterocycles. The van der Waals surface area contributed by atoms with Crippen LogP contribution in [0.5, 0.6) is 0 Å². The van der Waals surface area contributed by atoms with Crippen molar-refractivity contribution in [3.63, 3.8) is 0 Å². The van der Waals surface area contributed by atoms with E-state index in [0.717, 1.165) is 24.0 Å². The van der Waals surface area contributed by atoms with Gasteiger partial charge in [0.05, 0.1) is 0 Å². The largest absolute Gasteiger partial charge is 0.381 e. The molecule has 3 heterocycles. The number of imide groups is 1. The minimum Gasteiger partial charge on any atom is -0.381 e. The highest BCUT2D eigenvalue weighted by molar-refractivity contribution is 6.05. The first-order valence-corrected chi connectivity index (χ1v) is 10.2. The average molecular weight is 414 g/mol. The molecular formula is C21H26N4O5. The molecule has 1 aromatic rings. The van der Waals surface area contributed by atoms with E-state index in [9.17, 15) is 19.2 Å². The molecule has 3 aliphatic rings. The van der Waals surface area contributed by atoms with Crippen molar-refractivity contribution in [2.75, 3.05) is 13.2 Å². The lowest BCUT2D eigenvalue weighted by Crippen LogP contribution is -2.52. The molecule has 9 heteroatoms. The molecule has 0 bridgehead atoms. The van der Waals surface area contributed by atoms with Gasteiger partial charge in [0, 0.05) is 43.8 Å². The van der Waals surface area contributed by atoms with Crippen molar-refractivity contribution in [1.29, 1.82) is 0 Å². The van der Waals surface area contributed by atoms with Crippen molar-refractivity contribution >= 4 is 23.8 Å². The van der Waals surface area contributed by atoms with Crippen LogP contribution in [0, 0.1) is 0 Å². The van der Waals surface area contributed by atoms with Gasteiger partial charge in [-0.05, 0) is 43.4 Å². The zero-order valence-electron chi connectivity index (χ0n) is 17.0. The number of nitrogens with one attached hydrogen (secondary N) is 3. The van der Waals surface area contributed by atoms with E-state index in [4.69, 9.17) is 4.74 Å². The predicted molar refractivity (Wildman–Crippen MR) is 106 cm³/mol. The maximum atomic E-state index is 12.7. The molecule has 1 unspecified atom stereocenters. The highest BCUT2D eigenvalue weighted by atomic mass is 16.5. The molecule has 0 saturated carbocycles. The average Bonchev–Trinajstić information content (AvgIpc) is 3.02. The number of carbonyl (C=O) groups is 4. The van der Waals surface area contributed by atoms with Gasteiger partial charge in [-0.1, -0.05) is 12.1 Å². The fourth-order valence-corrected chi connectivity index (χ4v) is 4.19. The zero-order valence-corrected chi connectivity index (χ0v) is 17.0. The first-order valence-electron chi connectivity index (χ1n) is 10.2. The Hall–Kier alpha value is -2.94. The van der Waals surface area contributed by atoms with Gasteiger partial charge in [0.15, 0.2) is 0 Å². The SMILES string of the molecule is CC1(NC(=O)NCc2ccc3c(c2)CN(C2CCC(=O)NC2=O)C3=O)CCOCC1. The first kappa shape index (κ1) is 20.3. The first-order chi connectivity index (χ1) is 14.3. The van der Waals surface area contributed by atoms with Gasteiger partial charge in [-0.3, -0.25) is 19.7 Å². The van der Waals surface area contributed by atoms with E-state index < -0.39 is 11.9 Å². The number of ether oxygens (including phenoxy) is 1. The second-order valence-corrected chi connectivity index (χ2v) is 8.37. The monoisotopic (exact) mass is 414 g/mol. The predicted octanol–water partition coefficient (Wildman–Crippen LogP) is 0.816. The number of hydrogen-bond acceptors (Lipinski definition) is 5. The van der Waals surface area contributed by atoms with Crippen LogP contribution in [0.15, 0.2) is 18.2 Å². The van der Waals surface area contributed by atoms with Crippen LogP contribution in [0.4, 0.5) is 4.79 Å². The molecule has 2 saturated heterocycles. The molecule has 0 radical (unpaired) electrons. The number of carbonyl (C=O) groups excluding carboxylic acids is 4. The van der Waals surface area contributed by atoms with Gasteiger partial charge >= 0.3 is 6.03 Å². The summed E-state index contributed by atoms with van der Waals surface area (Å²) in [4.78, 5) is 50.0. The number of urea groups is 1. The Balaban J connectivity index is 1.36. The van der Waals surface area contributed by atoms with Gasteiger partial charge in [0.2, 0.25) is 11.8 Å². The van der Waals surface area contributed by atoms with Gasteiger partial charge in [-0.15, -0.1) is 0 Å². The fourth-order valence-electron chi connectivity index (χ4n) is 4.19. The second kappa shape index (κ2) is 8.06. The van der Waals surface area contributed by atoms with E-state index >= 15 is 0 Å². The molecule has 0 aromatic heterocycles. The molecule has 160 valence electrons. The summed E-state index contributed by atoms with van der Waals surface area (Å²) in [5.41, 5.74) is 1.98. The van der Waals surface area contributed by atoms with Crippen LogP contribution < -0.4 is 16.0 Å². The fraction of sp³-hybridized carbons (Fsp3) is 0.524. The van der Waals surface area contributed by atoms with Gasteiger partial charge in [-0.2, -0.15) is 0 Å². The summed E-state index contributed by atoms with van der Waals surface area (Å²) in [5, 5.41) is 8.19. The van der Waals surface area contributed by atoms with Crippen molar-refractivity contribution in [2.45, 2.75) is 57.3 Å². The van der Waals surface area contributed by atoms with Crippen LogP contribution in [0.2, 0.25) is 0 Å². The van der Waals surface area contributed by atoms with Crippen LogP contribution in [0.1, 0.15) is 54.1 Å². The highest BCUT2D eigenvalue weighted by Gasteiger charge is 2.39. The van der Waals surface area contributed by atoms with E-state index in [1.165, 1.54) is 4.90 Å². The normalized spacial score (nSPS) is 23.0. The van der Waals surface area contributed by atoms with E-state index in [1.54, 1.807) is 12.1 Å². The molecule has 3 N–H and O–H groups in total. The number of piperidine rings is 1. The summed E-state index contributed by atoms with van der Waals surface area (Å²) in [6.07, 6.45) is 2.11. The molecule has 9 nitrogen and oxygen atoms in total. The Morgan fingerprint density at radius 3 is 2.77 bits per heavy atom. The van der Waals surface area contributed by atoms with E-state index in [1.807, 2.05) is 13.0 Å². The van der Waals surface area contributed by atoms with Crippen LogP contribution in [0.3, 0.4) is 0 Å². The third-order valence-electron chi connectivity index (χ3n) is 6.05. The molecule has 5 amide bonds. The number of hydrogen-bond donors (Lipinski definition) is 3. The maximum Gasteiger partial charge on any atom is 0.315 e. The summed E-state index contributed by atoms with van der Waals surface area (Å²) in [6.45, 7) is 3.94. The number of benzene rings is 1. The minimum atomic E-state index is -0.629. The maximum absolute atomic E-state index is 12.7. The Morgan fingerprint density at radius 2 is 2.03 bits per heavy atom. The molecule has 1 atom stereocenters. The topological polar surface area (TPSA) is 117 Å². The van der Waals surface area contributed by atoms with Crippen molar-refractivity contribution in [3.8, 4) is 0 Å². The Kier molecular flexibility index (Phi) is 5.46. The van der Waals surface area contributed by atoms with Crippen LogP contribution in [-0.2, 0) is 27.4 Å². The number of rotatable bonds is 4. The lowest BCUT2D eigenvalue weighted by atomic mass is 9.93. The molecule has 0 spiro atoms. The smallest absolute Gasteiger partial charge is 0.315 e. The molecule has 1 aromatic carbocycles. The third-order valence-corrected chi connectivity index (χ3v) is 6.05. The van der Waals surface area contributed by atoms with Crippen molar-refractivity contribution in [1.82, 2.24) is 20.9 Å². The van der Waals surface area contributed by atoms with Gasteiger partial charge < -0.3 is 20.3 Å². The lowest BCUT2D eigenvalue weighted by Gasteiger charge is -2.34. The summed E-state index contributed by atoms with van der Waals surface area (Å²) in [7, 11) is 0. The van der Waals surface area contributed by atoms with Crippen LogP contribution in [0.25, 0.3) is 0 Å². The number of nitrogens with zero attached hydrogens (tertiary/aromatic N) is 1. The third kappa shape index (κ3) is 4.16.